The monoisotopic (exact) mass is 599 g/mol. The van der Waals surface area contributed by atoms with Crippen molar-refractivity contribution in [2.24, 2.45) is 0 Å². The molecule has 47 heavy (non-hydrogen) atoms. The van der Waals surface area contributed by atoms with Gasteiger partial charge in [-0.05, 0) is 66.2 Å². The second kappa shape index (κ2) is 9.71. The van der Waals surface area contributed by atoms with E-state index >= 15 is 0 Å². The summed E-state index contributed by atoms with van der Waals surface area (Å²) in [7, 11) is 0. The Labute approximate surface area is 269 Å². The SMILES string of the molecule is N#Cc1cc(-c2ccccc2-n2c3ccccc3c3cc4oc5ccccc5c4cc32)cc(-n2c3ccccc3c3ccccc32)c1. The van der Waals surface area contributed by atoms with E-state index in [1.165, 1.54) is 10.8 Å². The first-order valence-electron chi connectivity index (χ1n) is 15.7. The third-order valence-corrected chi connectivity index (χ3v) is 9.51. The van der Waals surface area contributed by atoms with Crippen molar-refractivity contribution in [1.82, 2.24) is 9.13 Å². The van der Waals surface area contributed by atoms with Gasteiger partial charge in [0.15, 0.2) is 0 Å². The van der Waals surface area contributed by atoms with Crippen molar-refractivity contribution in [2.75, 3.05) is 0 Å². The molecule has 3 aromatic heterocycles. The van der Waals surface area contributed by atoms with Crippen LogP contribution in [0.5, 0.6) is 0 Å². The molecule has 0 aliphatic heterocycles. The number of hydrogen-bond donors (Lipinski definition) is 0. The molecule has 0 aliphatic carbocycles. The Bertz CT molecular complexity index is 2880. The second-order valence-electron chi connectivity index (χ2n) is 12.1. The molecule has 10 rings (SSSR count). The van der Waals surface area contributed by atoms with Crippen molar-refractivity contribution in [3.63, 3.8) is 0 Å². The lowest BCUT2D eigenvalue weighted by Gasteiger charge is -2.16. The Morgan fingerprint density at radius 2 is 1.04 bits per heavy atom. The highest BCUT2D eigenvalue weighted by atomic mass is 16.3. The molecule has 10 aromatic rings. The predicted molar refractivity (Wildman–Crippen MR) is 193 cm³/mol. The fraction of sp³-hybridized carbons (Fsp3) is 0. The lowest BCUT2D eigenvalue weighted by Crippen LogP contribution is -1.99. The van der Waals surface area contributed by atoms with Gasteiger partial charge in [-0.25, -0.2) is 0 Å². The summed E-state index contributed by atoms with van der Waals surface area (Å²) in [6, 6.07) is 55.3. The lowest BCUT2D eigenvalue weighted by molar-refractivity contribution is 0.669. The first kappa shape index (κ1) is 25.7. The molecule has 0 N–H and O–H groups in total. The van der Waals surface area contributed by atoms with Crippen LogP contribution in [-0.2, 0) is 0 Å². The number of para-hydroxylation sites is 5. The molecule has 0 amide bonds. The number of benzene rings is 7. The molecule has 4 heteroatoms. The lowest BCUT2D eigenvalue weighted by atomic mass is 10.00. The van der Waals surface area contributed by atoms with E-state index in [0.717, 1.165) is 77.3 Å². The third kappa shape index (κ3) is 3.69. The van der Waals surface area contributed by atoms with E-state index in [1.807, 2.05) is 24.3 Å². The first-order valence-corrected chi connectivity index (χ1v) is 15.7. The molecule has 0 radical (unpaired) electrons. The van der Waals surface area contributed by atoms with E-state index in [1.54, 1.807) is 0 Å². The van der Waals surface area contributed by atoms with Crippen LogP contribution in [-0.4, -0.2) is 9.13 Å². The Morgan fingerprint density at radius 1 is 0.447 bits per heavy atom. The average Bonchev–Trinajstić information content (AvgIpc) is 3.77. The summed E-state index contributed by atoms with van der Waals surface area (Å²) in [5.74, 6) is 0. The Morgan fingerprint density at radius 3 is 1.77 bits per heavy atom. The number of aromatic nitrogens is 2. The van der Waals surface area contributed by atoms with E-state index in [0.29, 0.717) is 5.56 Å². The molecule has 0 bridgehead atoms. The molecule has 0 unspecified atom stereocenters. The molecular weight excluding hydrogens is 574 g/mol. The molecule has 0 saturated carbocycles. The summed E-state index contributed by atoms with van der Waals surface area (Å²) >= 11 is 0. The molecule has 3 heterocycles. The van der Waals surface area contributed by atoms with E-state index in [-0.39, 0.29) is 0 Å². The number of hydrogen-bond acceptors (Lipinski definition) is 2. The minimum atomic E-state index is 0.614. The van der Waals surface area contributed by atoms with E-state index in [4.69, 9.17) is 4.42 Å². The van der Waals surface area contributed by atoms with Crippen LogP contribution in [0, 0.1) is 11.3 Å². The topological polar surface area (TPSA) is 46.8 Å². The molecule has 218 valence electrons. The minimum Gasteiger partial charge on any atom is -0.456 e. The zero-order valence-electron chi connectivity index (χ0n) is 25.2. The van der Waals surface area contributed by atoms with Crippen LogP contribution in [0.3, 0.4) is 0 Å². The van der Waals surface area contributed by atoms with Gasteiger partial charge in [0.25, 0.3) is 0 Å². The third-order valence-electron chi connectivity index (χ3n) is 9.51. The molecule has 4 nitrogen and oxygen atoms in total. The fourth-order valence-corrected chi connectivity index (χ4v) is 7.52. The Balaban J connectivity index is 1.27. The molecule has 0 atom stereocenters. The van der Waals surface area contributed by atoms with Gasteiger partial charge in [-0.3, -0.25) is 0 Å². The first-order chi connectivity index (χ1) is 23.3. The molecule has 0 aliphatic rings. The summed E-state index contributed by atoms with van der Waals surface area (Å²) < 4.78 is 10.9. The van der Waals surface area contributed by atoms with E-state index in [2.05, 4.69) is 143 Å². The summed E-state index contributed by atoms with van der Waals surface area (Å²) in [5.41, 5.74) is 10.9. The number of nitriles is 1. The maximum absolute atomic E-state index is 10.3. The van der Waals surface area contributed by atoms with Gasteiger partial charge in [0.05, 0.1) is 39.4 Å². The quantitative estimate of drug-likeness (QED) is 0.203. The number of fused-ring (bicyclic) bond motifs is 9. The highest BCUT2D eigenvalue weighted by Crippen LogP contribution is 2.41. The highest BCUT2D eigenvalue weighted by molar-refractivity contribution is 6.17. The summed E-state index contributed by atoms with van der Waals surface area (Å²) in [4.78, 5) is 0. The normalized spacial score (nSPS) is 11.8. The summed E-state index contributed by atoms with van der Waals surface area (Å²) in [5, 5.41) is 17.2. The van der Waals surface area contributed by atoms with Crippen LogP contribution in [0.2, 0.25) is 0 Å². The highest BCUT2D eigenvalue weighted by Gasteiger charge is 2.19. The van der Waals surface area contributed by atoms with Gasteiger partial charge in [-0.15, -0.1) is 0 Å². The Kier molecular flexibility index (Phi) is 5.32. The molecule has 7 aromatic carbocycles. The zero-order chi connectivity index (χ0) is 31.1. The average molecular weight is 600 g/mol. The predicted octanol–water partition coefficient (Wildman–Crippen LogP) is 11.3. The summed E-state index contributed by atoms with van der Waals surface area (Å²) in [6.45, 7) is 0. The van der Waals surface area contributed by atoms with Gasteiger partial charge in [-0.2, -0.15) is 5.26 Å². The molecule has 0 fully saturated rings. The number of nitrogens with zero attached hydrogens (tertiary/aromatic N) is 3. The van der Waals surface area contributed by atoms with E-state index in [9.17, 15) is 5.26 Å². The van der Waals surface area contributed by atoms with Gasteiger partial charge in [0.2, 0.25) is 0 Å². The van der Waals surface area contributed by atoms with Crippen LogP contribution in [0.25, 0.3) is 88.1 Å². The van der Waals surface area contributed by atoms with Crippen molar-refractivity contribution in [3.8, 4) is 28.6 Å². The zero-order valence-corrected chi connectivity index (χ0v) is 25.2. The largest absolute Gasteiger partial charge is 0.456 e. The van der Waals surface area contributed by atoms with Gasteiger partial charge in [0, 0.05) is 43.6 Å². The van der Waals surface area contributed by atoms with Crippen LogP contribution < -0.4 is 0 Å². The van der Waals surface area contributed by atoms with Crippen molar-refractivity contribution < 1.29 is 4.42 Å². The van der Waals surface area contributed by atoms with Gasteiger partial charge in [0.1, 0.15) is 11.2 Å². The van der Waals surface area contributed by atoms with Crippen molar-refractivity contribution >= 4 is 65.6 Å². The summed E-state index contributed by atoms with van der Waals surface area (Å²) in [6.07, 6.45) is 0. The number of furan rings is 1. The fourth-order valence-electron chi connectivity index (χ4n) is 7.52. The maximum Gasteiger partial charge on any atom is 0.136 e. The maximum atomic E-state index is 10.3. The van der Waals surface area contributed by atoms with Crippen molar-refractivity contribution in [3.05, 3.63) is 157 Å². The van der Waals surface area contributed by atoms with Crippen molar-refractivity contribution in [2.45, 2.75) is 0 Å². The van der Waals surface area contributed by atoms with Gasteiger partial charge >= 0.3 is 0 Å². The molecule has 0 spiro atoms. The van der Waals surface area contributed by atoms with E-state index < -0.39 is 0 Å². The van der Waals surface area contributed by atoms with Crippen LogP contribution in [0.15, 0.2) is 156 Å². The second-order valence-corrected chi connectivity index (χ2v) is 12.1. The van der Waals surface area contributed by atoms with Crippen molar-refractivity contribution in [1.29, 1.82) is 5.26 Å². The van der Waals surface area contributed by atoms with Crippen LogP contribution >= 0.6 is 0 Å². The minimum absolute atomic E-state index is 0.614. The Hall–Kier alpha value is -6.57. The van der Waals surface area contributed by atoms with Crippen LogP contribution in [0.4, 0.5) is 0 Å². The smallest absolute Gasteiger partial charge is 0.136 e. The van der Waals surface area contributed by atoms with Crippen LogP contribution in [0.1, 0.15) is 5.56 Å². The number of rotatable bonds is 3. The standard InChI is InChI=1S/C43H25N3O/c44-26-27-21-28(23-29(22-27)45-38-17-7-2-12-31(38)32-13-3-8-18-39(32)45)30-11-1-6-16-37(30)46-40-19-9-4-14-33(40)35-25-43-36(24-41(35)46)34-15-5-10-20-42(34)47-43/h1-25H. The molecular formula is C43H25N3O. The van der Waals surface area contributed by atoms with Gasteiger partial charge < -0.3 is 13.6 Å². The molecule has 0 saturated heterocycles. The van der Waals surface area contributed by atoms with Gasteiger partial charge in [-0.1, -0.05) is 91.0 Å².